The molecule has 1 heterocycles. The van der Waals surface area contributed by atoms with E-state index in [4.69, 9.17) is 0 Å². The van der Waals surface area contributed by atoms with Crippen molar-refractivity contribution in [2.45, 2.75) is 0 Å². The fraction of sp³-hybridized carbons (Fsp3) is 0.0667. The highest BCUT2D eigenvalue weighted by Crippen LogP contribution is 2.31. The Morgan fingerprint density at radius 1 is 1.18 bits per heavy atom. The molecule has 0 radical (unpaired) electrons. The van der Waals surface area contributed by atoms with Gasteiger partial charge in [-0.1, -0.05) is 24.3 Å². The first-order chi connectivity index (χ1) is 10.6. The summed E-state index contributed by atoms with van der Waals surface area (Å²) in [5.41, 5.74) is 1.15. The van der Waals surface area contributed by atoms with Crippen molar-refractivity contribution in [2.24, 2.45) is 0 Å². The summed E-state index contributed by atoms with van der Waals surface area (Å²) < 4.78 is 0. The van der Waals surface area contributed by atoms with Crippen LogP contribution in [0, 0.1) is 10.1 Å². The van der Waals surface area contributed by atoms with Crippen LogP contribution in [-0.4, -0.2) is 22.2 Å². The second kappa shape index (κ2) is 5.28. The van der Waals surface area contributed by atoms with Gasteiger partial charge in [0.15, 0.2) is 0 Å². The first-order valence-electron chi connectivity index (χ1n) is 6.56. The van der Waals surface area contributed by atoms with Crippen LogP contribution in [0.25, 0.3) is 22.0 Å². The predicted octanol–water partition coefficient (Wildman–Crippen LogP) is 2.54. The van der Waals surface area contributed by atoms with E-state index in [1.54, 1.807) is 43.4 Å². The van der Waals surface area contributed by atoms with E-state index in [1.165, 1.54) is 6.07 Å². The van der Waals surface area contributed by atoms with Crippen LogP contribution >= 0.6 is 0 Å². The molecule has 1 aromatic heterocycles. The number of anilines is 1. The van der Waals surface area contributed by atoms with Crippen LogP contribution in [0.4, 0.5) is 11.4 Å². The quantitative estimate of drug-likeness (QED) is 0.571. The monoisotopic (exact) mass is 296 g/mol. The van der Waals surface area contributed by atoms with E-state index in [1.807, 2.05) is 0 Å². The number of hydrogen-bond acceptors (Lipinski definition) is 5. The third-order valence-corrected chi connectivity index (χ3v) is 3.43. The van der Waals surface area contributed by atoms with Crippen molar-refractivity contribution in [3.63, 3.8) is 0 Å². The van der Waals surface area contributed by atoms with Gasteiger partial charge in [0.2, 0.25) is 0 Å². The Bertz CT molecular complexity index is 933. The molecule has 22 heavy (non-hydrogen) atoms. The number of rotatable bonds is 3. The smallest absolute Gasteiger partial charge is 0.292 e. The van der Waals surface area contributed by atoms with Gasteiger partial charge in [-0.05, 0) is 12.1 Å². The van der Waals surface area contributed by atoms with Gasteiger partial charge in [0.05, 0.1) is 16.0 Å². The molecule has 0 unspecified atom stereocenters. The number of fused-ring (bicyclic) bond motifs is 1. The van der Waals surface area contributed by atoms with Gasteiger partial charge in [-0.2, -0.15) is 5.10 Å². The highest BCUT2D eigenvalue weighted by Gasteiger charge is 2.16. The van der Waals surface area contributed by atoms with Gasteiger partial charge in [0.1, 0.15) is 5.69 Å². The minimum Gasteiger partial charge on any atom is -0.383 e. The van der Waals surface area contributed by atoms with Crippen LogP contribution in [-0.2, 0) is 0 Å². The molecule has 0 aliphatic rings. The van der Waals surface area contributed by atoms with E-state index < -0.39 is 4.92 Å². The Labute approximate surface area is 124 Å². The highest BCUT2D eigenvalue weighted by atomic mass is 16.6. The number of benzene rings is 2. The van der Waals surface area contributed by atoms with E-state index in [-0.39, 0.29) is 11.2 Å². The van der Waals surface area contributed by atoms with Crippen LogP contribution in [0.15, 0.2) is 47.3 Å². The van der Waals surface area contributed by atoms with E-state index in [2.05, 4.69) is 15.5 Å². The number of nitrogens with one attached hydrogen (secondary N) is 2. The summed E-state index contributed by atoms with van der Waals surface area (Å²) in [4.78, 5) is 22.5. The third kappa shape index (κ3) is 2.18. The minimum absolute atomic E-state index is 0.0444. The lowest BCUT2D eigenvalue weighted by molar-refractivity contribution is -0.383. The van der Waals surface area contributed by atoms with Crippen molar-refractivity contribution in [2.75, 3.05) is 12.4 Å². The standard InChI is InChI=1S/C15H12N4O3/c1-16-12-7-6-9(8-13(12)19(21)22)14-10-4-2-3-5-11(10)15(20)18-17-14/h2-8,16H,1H3,(H,18,20). The van der Waals surface area contributed by atoms with E-state index in [0.717, 1.165) is 0 Å². The molecule has 0 aliphatic carbocycles. The van der Waals surface area contributed by atoms with Crippen molar-refractivity contribution < 1.29 is 4.92 Å². The molecule has 7 nitrogen and oxygen atoms in total. The molecule has 0 fully saturated rings. The predicted molar refractivity (Wildman–Crippen MR) is 84.0 cm³/mol. The van der Waals surface area contributed by atoms with Crippen LogP contribution in [0.3, 0.4) is 0 Å². The molecule has 0 amide bonds. The zero-order valence-electron chi connectivity index (χ0n) is 11.7. The van der Waals surface area contributed by atoms with Gasteiger partial charge in [-0.15, -0.1) is 0 Å². The fourth-order valence-corrected chi connectivity index (χ4v) is 2.38. The lowest BCUT2D eigenvalue weighted by atomic mass is 10.0. The Balaban J connectivity index is 2.29. The molecule has 7 heteroatoms. The van der Waals surface area contributed by atoms with Crippen molar-refractivity contribution >= 4 is 22.1 Å². The molecular formula is C15H12N4O3. The molecule has 3 aromatic rings. The van der Waals surface area contributed by atoms with Crippen molar-refractivity contribution in [3.8, 4) is 11.3 Å². The number of nitrogens with zero attached hydrogens (tertiary/aromatic N) is 2. The second-order valence-electron chi connectivity index (χ2n) is 4.69. The van der Waals surface area contributed by atoms with E-state index in [0.29, 0.717) is 27.7 Å². The molecule has 110 valence electrons. The number of H-pyrrole nitrogens is 1. The molecule has 3 rings (SSSR count). The first-order valence-corrected chi connectivity index (χ1v) is 6.56. The number of aromatic amines is 1. The second-order valence-corrected chi connectivity index (χ2v) is 4.69. The molecular weight excluding hydrogens is 284 g/mol. The first kappa shape index (κ1) is 13.7. The van der Waals surface area contributed by atoms with Gasteiger partial charge < -0.3 is 5.32 Å². The molecule has 0 saturated heterocycles. The Kier molecular flexibility index (Phi) is 3.30. The molecule has 2 aromatic carbocycles. The molecule has 0 aliphatic heterocycles. The minimum atomic E-state index is -0.455. The maximum absolute atomic E-state index is 11.8. The summed E-state index contributed by atoms with van der Waals surface area (Å²) in [5.74, 6) is 0. The average molecular weight is 296 g/mol. The molecule has 0 atom stereocenters. The Morgan fingerprint density at radius 3 is 2.59 bits per heavy atom. The number of nitro groups is 1. The number of aromatic nitrogens is 2. The summed E-state index contributed by atoms with van der Waals surface area (Å²) in [6, 6.07) is 11.8. The Hall–Kier alpha value is -3.22. The zero-order valence-corrected chi connectivity index (χ0v) is 11.7. The van der Waals surface area contributed by atoms with Gasteiger partial charge in [-0.3, -0.25) is 14.9 Å². The normalized spacial score (nSPS) is 10.6. The van der Waals surface area contributed by atoms with Crippen LogP contribution in [0.1, 0.15) is 0 Å². The topological polar surface area (TPSA) is 101 Å². The van der Waals surface area contributed by atoms with Crippen molar-refractivity contribution in [1.82, 2.24) is 10.2 Å². The highest BCUT2D eigenvalue weighted by molar-refractivity contribution is 5.94. The number of nitro benzene ring substituents is 1. The van der Waals surface area contributed by atoms with Gasteiger partial charge in [-0.25, -0.2) is 5.10 Å². The molecule has 0 saturated carbocycles. The van der Waals surface area contributed by atoms with Crippen LogP contribution < -0.4 is 10.9 Å². The largest absolute Gasteiger partial charge is 0.383 e. The van der Waals surface area contributed by atoms with Crippen molar-refractivity contribution in [3.05, 3.63) is 62.9 Å². The average Bonchev–Trinajstić information content (AvgIpc) is 2.55. The molecule has 2 N–H and O–H groups in total. The van der Waals surface area contributed by atoms with Crippen molar-refractivity contribution in [1.29, 1.82) is 0 Å². The maximum atomic E-state index is 11.8. The molecule has 0 bridgehead atoms. The summed E-state index contributed by atoms with van der Waals surface area (Å²) in [5, 5.41) is 21.6. The SMILES string of the molecule is CNc1ccc(-c2n[nH]c(=O)c3ccccc23)cc1[N+](=O)[O-]. The van der Waals surface area contributed by atoms with Gasteiger partial charge >= 0.3 is 0 Å². The van der Waals surface area contributed by atoms with Gasteiger partial charge in [0, 0.05) is 24.1 Å². The van der Waals surface area contributed by atoms with Crippen LogP contribution in [0.2, 0.25) is 0 Å². The van der Waals surface area contributed by atoms with Crippen LogP contribution in [0.5, 0.6) is 0 Å². The summed E-state index contributed by atoms with van der Waals surface area (Å²) in [6.07, 6.45) is 0. The fourth-order valence-electron chi connectivity index (χ4n) is 2.38. The summed E-state index contributed by atoms with van der Waals surface area (Å²) in [6.45, 7) is 0. The maximum Gasteiger partial charge on any atom is 0.292 e. The Morgan fingerprint density at radius 2 is 1.91 bits per heavy atom. The zero-order chi connectivity index (χ0) is 15.7. The lowest BCUT2D eigenvalue weighted by Gasteiger charge is -2.07. The third-order valence-electron chi connectivity index (χ3n) is 3.43. The van der Waals surface area contributed by atoms with E-state index >= 15 is 0 Å². The lowest BCUT2D eigenvalue weighted by Crippen LogP contribution is -2.09. The van der Waals surface area contributed by atoms with E-state index in [9.17, 15) is 14.9 Å². The summed E-state index contributed by atoms with van der Waals surface area (Å²) >= 11 is 0. The number of hydrogen-bond donors (Lipinski definition) is 2. The molecule has 0 spiro atoms. The summed E-state index contributed by atoms with van der Waals surface area (Å²) in [7, 11) is 1.62. The van der Waals surface area contributed by atoms with Gasteiger partial charge in [0.25, 0.3) is 11.2 Å².